The minimum absolute atomic E-state index is 0.470. The first kappa shape index (κ1) is 21.5. The van der Waals surface area contributed by atoms with Gasteiger partial charge in [0.2, 0.25) is 0 Å². The lowest BCUT2D eigenvalue weighted by Crippen LogP contribution is -2.37. The average molecular weight is 469 g/mol. The van der Waals surface area contributed by atoms with Gasteiger partial charge in [-0.25, -0.2) is 9.67 Å². The van der Waals surface area contributed by atoms with Crippen molar-refractivity contribution in [3.63, 3.8) is 0 Å². The molecule has 176 valence electrons. The van der Waals surface area contributed by atoms with Crippen molar-refractivity contribution in [3.05, 3.63) is 54.0 Å². The summed E-state index contributed by atoms with van der Waals surface area (Å²) in [5.41, 5.74) is 4.89. The highest BCUT2D eigenvalue weighted by Crippen LogP contribution is 2.30. The van der Waals surface area contributed by atoms with Gasteiger partial charge in [0.05, 0.1) is 43.8 Å². The van der Waals surface area contributed by atoms with Gasteiger partial charge in [0, 0.05) is 31.9 Å². The number of hydrogen-bond acceptors (Lipinski definition) is 8. The largest absolute Gasteiger partial charge is 0.378 e. The van der Waals surface area contributed by atoms with Crippen LogP contribution >= 0.6 is 0 Å². The quantitative estimate of drug-likeness (QED) is 0.450. The molecule has 0 unspecified atom stereocenters. The third-order valence-corrected chi connectivity index (χ3v) is 6.33. The van der Waals surface area contributed by atoms with Crippen LogP contribution in [0, 0.1) is 11.3 Å². The number of fused-ring (bicyclic) bond motifs is 1. The minimum Gasteiger partial charge on any atom is -0.378 e. The maximum atomic E-state index is 9.24. The molecule has 10 heteroatoms. The van der Waals surface area contributed by atoms with Gasteiger partial charge in [-0.15, -0.1) is 0 Å². The summed E-state index contributed by atoms with van der Waals surface area (Å²) in [4.78, 5) is 17.0. The van der Waals surface area contributed by atoms with Gasteiger partial charge < -0.3 is 18.9 Å². The Bertz CT molecular complexity index is 1470. The number of rotatable bonds is 4. The summed E-state index contributed by atoms with van der Waals surface area (Å²) in [6, 6.07) is 11.5. The van der Waals surface area contributed by atoms with Crippen molar-refractivity contribution in [1.82, 2.24) is 29.3 Å². The Morgan fingerprint density at radius 1 is 1.03 bits per heavy atom. The van der Waals surface area contributed by atoms with Crippen molar-refractivity contribution in [2.75, 3.05) is 44.4 Å². The lowest BCUT2D eigenvalue weighted by Gasteiger charge is -2.28. The number of aromatic nitrogens is 6. The van der Waals surface area contributed by atoms with Gasteiger partial charge in [0.25, 0.3) is 5.95 Å². The first-order chi connectivity index (χ1) is 17.2. The Hall–Kier alpha value is -4.07. The zero-order valence-corrected chi connectivity index (χ0v) is 19.4. The van der Waals surface area contributed by atoms with E-state index in [-0.39, 0.29) is 0 Å². The van der Waals surface area contributed by atoms with E-state index < -0.39 is 0 Å². The van der Waals surface area contributed by atoms with Crippen molar-refractivity contribution in [2.24, 2.45) is 7.05 Å². The summed E-state index contributed by atoms with van der Waals surface area (Å²) in [5.74, 6) is 2.14. The first-order valence-corrected chi connectivity index (χ1v) is 11.6. The lowest BCUT2D eigenvalue weighted by molar-refractivity contribution is 0.122. The zero-order valence-electron chi connectivity index (χ0n) is 19.4. The van der Waals surface area contributed by atoms with Crippen LogP contribution in [0.4, 0.5) is 5.82 Å². The molecule has 1 fully saturated rings. The Morgan fingerprint density at radius 3 is 2.71 bits per heavy atom. The van der Waals surface area contributed by atoms with E-state index in [1.54, 1.807) is 10.7 Å². The average Bonchev–Trinajstić information content (AvgIpc) is 3.55. The summed E-state index contributed by atoms with van der Waals surface area (Å²) in [6.07, 6.45) is 4.74. The minimum atomic E-state index is 0.470. The van der Waals surface area contributed by atoms with Crippen LogP contribution in [0.1, 0.15) is 17.8 Å². The van der Waals surface area contributed by atoms with Crippen LogP contribution in [0.2, 0.25) is 0 Å². The van der Waals surface area contributed by atoms with Crippen molar-refractivity contribution >= 4 is 22.6 Å². The molecule has 0 spiro atoms. The smallest absolute Gasteiger partial charge is 0.254 e. The van der Waals surface area contributed by atoms with Gasteiger partial charge in [-0.1, -0.05) is 18.2 Å². The summed E-state index contributed by atoms with van der Waals surface area (Å²) < 4.78 is 14.8. The topological polar surface area (TPSA) is 107 Å². The highest BCUT2D eigenvalue weighted by Gasteiger charge is 2.24. The molecule has 1 saturated heterocycles. The lowest BCUT2D eigenvalue weighted by atomic mass is 10.1. The number of benzene rings is 1. The molecule has 1 aromatic carbocycles. The Kier molecular flexibility index (Phi) is 5.48. The number of aryl methyl sites for hydroxylation is 1. The van der Waals surface area contributed by atoms with E-state index in [9.17, 15) is 5.26 Å². The highest BCUT2D eigenvalue weighted by atomic mass is 16.5. The normalized spacial score (nSPS) is 16.3. The Labute approximate surface area is 202 Å². The number of nitriles is 1. The molecule has 35 heavy (non-hydrogen) atoms. The van der Waals surface area contributed by atoms with Crippen LogP contribution in [0.25, 0.3) is 33.9 Å². The van der Waals surface area contributed by atoms with Crippen LogP contribution in [-0.4, -0.2) is 68.8 Å². The molecule has 0 N–H and O–H groups in total. The number of imidazole rings is 1. The van der Waals surface area contributed by atoms with Gasteiger partial charge in [-0.05, 0) is 30.2 Å². The fraction of sp³-hybridized carbons (Fsp3) is 0.320. The number of nitrogens with zero attached hydrogens (tertiary/aromatic N) is 8. The standard InChI is InChI=1S/C25H24N8O2/c1-31-22(18-6-11-34-12-7-18)27-21-23(31)28-25(29-24(21)32-9-13-35-14-10-32)33-8-5-20(30-33)19-4-2-3-17(15-19)16-26/h2-6,8,15H,7,9-14H2,1H3. The SMILES string of the molecule is Cn1c(C2=CCOCC2)nc2c(N3CCOCC3)nc(-n3ccc(-c4cccc(C#N)c4)n3)nc21. The van der Waals surface area contributed by atoms with Gasteiger partial charge in [-0.2, -0.15) is 20.3 Å². The summed E-state index contributed by atoms with van der Waals surface area (Å²) in [6.45, 7) is 4.03. The van der Waals surface area contributed by atoms with E-state index >= 15 is 0 Å². The molecule has 2 aliphatic heterocycles. The number of ether oxygens (including phenoxy) is 2. The third kappa shape index (κ3) is 3.95. The predicted molar refractivity (Wildman–Crippen MR) is 130 cm³/mol. The Balaban J connectivity index is 1.48. The molecule has 0 amide bonds. The van der Waals surface area contributed by atoms with E-state index in [4.69, 9.17) is 29.5 Å². The van der Waals surface area contributed by atoms with E-state index in [1.807, 2.05) is 42.1 Å². The zero-order chi connectivity index (χ0) is 23.8. The molecule has 0 bridgehead atoms. The molecule has 0 aliphatic carbocycles. The fourth-order valence-electron chi connectivity index (χ4n) is 4.49. The molecule has 10 nitrogen and oxygen atoms in total. The second kappa shape index (κ2) is 8.94. The fourth-order valence-corrected chi connectivity index (χ4v) is 4.49. The molecule has 2 aliphatic rings. The van der Waals surface area contributed by atoms with Gasteiger partial charge >= 0.3 is 0 Å². The molecular formula is C25H24N8O2. The summed E-state index contributed by atoms with van der Waals surface area (Å²) in [5, 5.41) is 14.0. The van der Waals surface area contributed by atoms with Crippen molar-refractivity contribution in [2.45, 2.75) is 6.42 Å². The molecule has 5 heterocycles. The maximum Gasteiger partial charge on any atom is 0.254 e. The predicted octanol–water partition coefficient (Wildman–Crippen LogP) is 2.73. The van der Waals surface area contributed by atoms with E-state index in [0.29, 0.717) is 37.9 Å². The van der Waals surface area contributed by atoms with Crippen LogP contribution in [0.3, 0.4) is 0 Å². The highest BCUT2D eigenvalue weighted by molar-refractivity contribution is 5.87. The first-order valence-electron chi connectivity index (χ1n) is 11.6. The molecule has 0 radical (unpaired) electrons. The molecule has 0 saturated carbocycles. The molecule has 3 aromatic heterocycles. The number of anilines is 1. The second-order valence-corrected chi connectivity index (χ2v) is 8.51. The van der Waals surface area contributed by atoms with Crippen molar-refractivity contribution in [3.8, 4) is 23.3 Å². The van der Waals surface area contributed by atoms with Gasteiger partial charge in [0.15, 0.2) is 17.0 Å². The molecule has 0 atom stereocenters. The van der Waals surface area contributed by atoms with Crippen LogP contribution in [0.15, 0.2) is 42.6 Å². The second-order valence-electron chi connectivity index (χ2n) is 8.51. The Morgan fingerprint density at radius 2 is 1.91 bits per heavy atom. The summed E-state index contributed by atoms with van der Waals surface area (Å²) >= 11 is 0. The number of hydrogen-bond donors (Lipinski definition) is 0. The molecular weight excluding hydrogens is 444 g/mol. The van der Waals surface area contributed by atoms with Crippen molar-refractivity contribution < 1.29 is 9.47 Å². The van der Waals surface area contributed by atoms with Crippen molar-refractivity contribution in [1.29, 1.82) is 5.26 Å². The van der Waals surface area contributed by atoms with Gasteiger partial charge in [-0.3, -0.25) is 0 Å². The number of morpholine rings is 1. The van der Waals surface area contributed by atoms with Crippen LogP contribution in [0.5, 0.6) is 0 Å². The maximum absolute atomic E-state index is 9.24. The third-order valence-electron chi connectivity index (χ3n) is 6.33. The van der Waals surface area contributed by atoms with Gasteiger partial charge in [0.1, 0.15) is 5.82 Å². The molecule has 4 aromatic rings. The van der Waals surface area contributed by atoms with E-state index in [1.165, 1.54) is 0 Å². The summed E-state index contributed by atoms with van der Waals surface area (Å²) in [7, 11) is 1.99. The van der Waals surface area contributed by atoms with E-state index in [2.05, 4.69) is 17.0 Å². The van der Waals surface area contributed by atoms with Crippen LogP contribution in [-0.2, 0) is 16.5 Å². The van der Waals surface area contributed by atoms with E-state index in [0.717, 1.165) is 59.1 Å². The monoisotopic (exact) mass is 468 g/mol. The molecule has 6 rings (SSSR count). The van der Waals surface area contributed by atoms with Crippen LogP contribution < -0.4 is 4.90 Å².